The van der Waals surface area contributed by atoms with Gasteiger partial charge in [-0.3, -0.25) is 0 Å². The van der Waals surface area contributed by atoms with E-state index in [9.17, 15) is 4.79 Å². The number of hydrogen-bond acceptors (Lipinski definition) is 3. The Morgan fingerprint density at radius 1 is 1.00 bits per heavy atom. The molecule has 27 heavy (non-hydrogen) atoms. The number of hydrogen-bond donors (Lipinski definition) is 0. The third-order valence-electron chi connectivity index (χ3n) is 8.52. The molecule has 0 aromatic heterocycles. The number of carbonyl (C=O) groups is 1. The minimum Gasteiger partial charge on any atom is -0.423 e. The van der Waals surface area contributed by atoms with Gasteiger partial charge in [-0.25, -0.2) is 4.79 Å². The minimum atomic E-state index is -0.522. The number of allylic oxidation sites excluding steroid dienone is 1. The molecule has 3 heteroatoms. The summed E-state index contributed by atoms with van der Waals surface area (Å²) in [5.74, 6) is 0.346. The first kappa shape index (κ1) is 20.5. The van der Waals surface area contributed by atoms with Crippen LogP contribution in [-0.2, 0) is 9.47 Å². The maximum absolute atomic E-state index is 12.4. The van der Waals surface area contributed by atoms with E-state index in [1.54, 1.807) is 0 Å². The van der Waals surface area contributed by atoms with Crippen LogP contribution in [0.1, 0.15) is 91.4 Å². The van der Waals surface area contributed by atoms with Crippen molar-refractivity contribution in [3.8, 4) is 0 Å². The molecule has 2 aliphatic carbocycles. The molecule has 152 valence electrons. The van der Waals surface area contributed by atoms with Crippen molar-refractivity contribution in [2.24, 2.45) is 16.7 Å². The van der Waals surface area contributed by atoms with E-state index in [0.29, 0.717) is 12.3 Å². The molecular formula is C24H38O3. The topological polar surface area (TPSA) is 35.5 Å². The summed E-state index contributed by atoms with van der Waals surface area (Å²) >= 11 is 0. The zero-order chi connectivity index (χ0) is 19.8. The van der Waals surface area contributed by atoms with Gasteiger partial charge in [-0.2, -0.15) is 0 Å². The number of ether oxygens (including phenoxy) is 2. The fourth-order valence-corrected chi connectivity index (χ4v) is 6.92. The third-order valence-corrected chi connectivity index (χ3v) is 8.52. The minimum absolute atomic E-state index is 0.0379. The van der Waals surface area contributed by atoms with Crippen LogP contribution in [0.5, 0.6) is 0 Å². The second-order valence-corrected chi connectivity index (χ2v) is 9.76. The summed E-state index contributed by atoms with van der Waals surface area (Å²) in [4.78, 5) is 12.4. The van der Waals surface area contributed by atoms with Crippen molar-refractivity contribution in [1.29, 1.82) is 0 Å². The average Bonchev–Trinajstić information content (AvgIpc) is 3.07. The summed E-state index contributed by atoms with van der Waals surface area (Å²) in [5, 5.41) is 0. The molecule has 3 aliphatic rings. The molecule has 1 heterocycles. The van der Waals surface area contributed by atoms with Gasteiger partial charge in [0, 0.05) is 17.8 Å². The van der Waals surface area contributed by atoms with E-state index in [-0.39, 0.29) is 10.8 Å². The summed E-state index contributed by atoms with van der Waals surface area (Å²) in [6.45, 7) is 14.8. The molecule has 0 aromatic carbocycles. The van der Waals surface area contributed by atoms with Crippen LogP contribution >= 0.6 is 0 Å². The lowest BCUT2D eigenvalue weighted by Gasteiger charge is -2.49. The normalized spacial score (nSPS) is 38.3. The predicted molar refractivity (Wildman–Crippen MR) is 110 cm³/mol. The Bertz CT molecular complexity index is 594. The second-order valence-electron chi connectivity index (χ2n) is 9.76. The van der Waals surface area contributed by atoms with E-state index < -0.39 is 17.4 Å². The lowest BCUT2D eigenvalue weighted by atomic mass is 9.60. The van der Waals surface area contributed by atoms with E-state index in [1.165, 1.54) is 32.1 Å². The van der Waals surface area contributed by atoms with Crippen molar-refractivity contribution >= 4 is 6.16 Å². The average molecular weight is 375 g/mol. The van der Waals surface area contributed by atoms with E-state index in [1.807, 2.05) is 12.2 Å². The number of carbonyl (C=O) groups excluding carboxylic acids is 1. The molecule has 0 aromatic rings. The number of unbranched alkanes of at least 4 members (excludes halogenated alkanes) is 6. The molecule has 0 N–H and O–H groups in total. The van der Waals surface area contributed by atoms with Crippen molar-refractivity contribution in [3.63, 3.8) is 0 Å². The first-order chi connectivity index (χ1) is 12.8. The standard InChI is InChI=1S/C24H38O3/c1-6-8-9-10-11-12-13-14-17-24-22(5)18-15-19(21(22,3)4)23(24,16-7-2)26-20(25)27-24/h6-7,19H,1-2,8-18H2,3-5H3/t19?,22?,23-,24+/m1/s1. The summed E-state index contributed by atoms with van der Waals surface area (Å²) in [5.41, 5.74) is -0.960. The van der Waals surface area contributed by atoms with Gasteiger partial charge in [0.15, 0.2) is 11.2 Å². The quantitative estimate of drug-likeness (QED) is 0.222. The highest BCUT2D eigenvalue weighted by atomic mass is 16.8. The third kappa shape index (κ3) is 2.71. The zero-order valence-electron chi connectivity index (χ0n) is 17.6. The first-order valence-electron chi connectivity index (χ1n) is 10.9. The van der Waals surface area contributed by atoms with E-state index >= 15 is 0 Å². The highest BCUT2D eigenvalue weighted by molar-refractivity contribution is 5.66. The fourth-order valence-electron chi connectivity index (χ4n) is 6.92. The predicted octanol–water partition coefficient (Wildman–Crippen LogP) is 6.97. The second kappa shape index (κ2) is 7.29. The molecule has 0 radical (unpaired) electrons. The Hall–Kier alpha value is -1.25. The SMILES string of the molecule is C=CCCCCCCCC[C@@]12OC(=O)O[C@]1(CC=C)C1CCC2(C)C1(C)C. The number of fused-ring (bicyclic) bond motifs is 5. The van der Waals surface area contributed by atoms with Gasteiger partial charge in [0.05, 0.1) is 0 Å². The van der Waals surface area contributed by atoms with Gasteiger partial charge < -0.3 is 9.47 Å². The van der Waals surface area contributed by atoms with Crippen molar-refractivity contribution in [2.45, 2.75) is 103 Å². The molecule has 0 amide bonds. The molecule has 1 aliphatic heterocycles. The summed E-state index contributed by atoms with van der Waals surface area (Å²) in [6.07, 6.45) is 15.8. The van der Waals surface area contributed by atoms with Gasteiger partial charge in [0.25, 0.3) is 0 Å². The monoisotopic (exact) mass is 374 g/mol. The highest BCUT2D eigenvalue weighted by Crippen LogP contribution is 2.78. The molecular weight excluding hydrogens is 336 g/mol. The van der Waals surface area contributed by atoms with Crippen LogP contribution in [0.25, 0.3) is 0 Å². The van der Waals surface area contributed by atoms with Crippen LogP contribution in [-0.4, -0.2) is 17.4 Å². The Morgan fingerprint density at radius 2 is 1.67 bits per heavy atom. The summed E-state index contributed by atoms with van der Waals surface area (Å²) in [6, 6.07) is 0. The Kier molecular flexibility index (Phi) is 5.53. The van der Waals surface area contributed by atoms with Crippen LogP contribution in [0.3, 0.4) is 0 Å². The smallest absolute Gasteiger partial charge is 0.423 e. The van der Waals surface area contributed by atoms with Crippen LogP contribution < -0.4 is 0 Å². The Balaban J connectivity index is 1.73. The van der Waals surface area contributed by atoms with Gasteiger partial charge in [0.1, 0.15) is 0 Å². The molecule has 3 rings (SSSR count). The molecule has 1 saturated heterocycles. The molecule has 3 fully saturated rings. The first-order valence-corrected chi connectivity index (χ1v) is 10.9. The lowest BCUT2D eigenvalue weighted by molar-refractivity contribution is -0.129. The van der Waals surface area contributed by atoms with Crippen LogP contribution in [0.2, 0.25) is 0 Å². The Morgan fingerprint density at radius 3 is 2.33 bits per heavy atom. The maximum Gasteiger partial charge on any atom is 0.509 e. The maximum atomic E-state index is 12.4. The van der Waals surface area contributed by atoms with Crippen LogP contribution in [0.4, 0.5) is 4.79 Å². The molecule has 3 nitrogen and oxygen atoms in total. The Labute approximate surface area is 165 Å². The van der Waals surface area contributed by atoms with Crippen LogP contribution in [0, 0.1) is 16.7 Å². The van der Waals surface area contributed by atoms with Gasteiger partial charge in [-0.05, 0) is 43.9 Å². The summed E-state index contributed by atoms with van der Waals surface area (Å²) < 4.78 is 12.2. The van der Waals surface area contributed by atoms with Gasteiger partial charge in [0.2, 0.25) is 0 Å². The van der Waals surface area contributed by atoms with Crippen LogP contribution in [0.15, 0.2) is 25.3 Å². The van der Waals surface area contributed by atoms with E-state index in [0.717, 1.165) is 32.1 Å². The van der Waals surface area contributed by atoms with Crippen molar-refractivity contribution in [1.82, 2.24) is 0 Å². The van der Waals surface area contributed by atoms with E-state index in [2.05, 4.69) is 33.9 Å². The van der Waals surface area contributed by atoms with Crippen molar-refractivity contribution in [2.75, 3.05) is 0 Å². The fraction of sp³-hybridized carbons (Fsp3) is 0.792. The molecule has 2 bridgehead atoms. The molecule has 4 atom stereocenters. The summed E-state index contributed by atoms with van der Waals surface area (Å²) in [7, 11) is 0. The largest absolute Gasteiger partial charge is 0.509 e. The zero-order valence-corrected chi connectivity index (χ0v) is 17.6. The van der Waals surface area contributed by atoms with Crippen molar-refractivity contribution < 1.29 is 14.3 Å². The van der Waals surface area contributed by atoms with Gasteiger partial charge in [-0.1, -0.05) is 58.6 Å². The van der Waals surface area contributed by atoms with E-state index in [4.69, 9.17) is 9.47 Å². The highest BCUT2D eigenvalue weighted by Gasteiger charge is 2.85. The molecule has 0 spiro atoms. The lowest BCUT2D eigenvalue weighted by Crippen LogP contribution is -2.59. The van der Waals surface area contributed by atoms with Gasteiger partial charge in [-0.15, -0.1) is 13.2 Å². The van der Waals surface area contributed by atoms with Crippen molar-refractivity contribution in [3.05, 3.63) is 25.3 Å². The molecule has 2 unspecified atom stereocenters. The van der Waals surface area contributed by atoms with Gasteiger partial charge >= 0.3 is 6.16 Å². The number of rotatable bonds is 11. The molecule has 2 saturated carbocycles.